The summed E-state index contributed by atoms with van der Waals surface area (Å²) >= 11 is 0. The summed E-state index contributed by atoms with van der Waals surface area (Å²) in [6.45, 7) is 1.86. The maximum Gasteiger partial charge on any atom is 0.343 e. The molecule has 172 valence electrons. The van der Waals surface area contributed by atoms with E-state index in [-0.39, 0.29) is 23.6 Å². The molecule has 2 aromatic carbocycles. The number of carbonyl (C=O) groups excluding carboxylic acids is 2. The van der Waals surface area contributed by atoms with Gasteiger partial charge in [0.1, 0.15) is 16.9 Å². The van der Waals surface area contributed by atoms with Crippen LogP contribution in [0.2, 0.25) is 0 Å². The molecule has 9 nitrogen and oxygen atoms in total. The normalized spacial score (nSPS) is 10.7. The third kappa shape index (κ3) is 4.23. The number of nitrogens with zero attached hydrogens (tertiary/aromatic N) is 4. The first-order valence-corrected chi connectivity index (χ1v) is 10.6. The Balaban J connectivity index is 1.92. The number of amides is 1. The quantitative estimate of drug-likeness (QED) is 0.445. The summed E-state index contributed by atoms with van der Waals surface area (Å²) in [5.41, 5.74) is 1.70. The molecular formula is C25H23N5O4. The van der Waals surface area contributed by atoms with Gasteiger partial charge in [-0.1, -0.05) is 60.7 Å². The monoisotopic (exact) mass is 457 g/mol. The number of anilines is 1. The number of nitrogens with one attached hydrogen (secondary N) is 1. The first-order valence-electron chi connectivity index (χ1n) is 10.6. The number of carbonyl (C=O) groups is 2. The van der Waals surface area contributed by atoms with Gasteiger partial charge in [-0.05, 0) is 12.5 Å². The lowest BCUT2D eigenvalue weighted by molar-refractivity contribution is 0.0527. The van der Waals surface area contributed by atoms with Crippen LogP contribution in [0, 0.1) is 0 Å². The molecule has 9 heteroatoms. The van der Waals surface area contributed by atoms with E-state index in [0.29, 0.717) is 16.8 Å². The average Bonchev–Trinajstić information content (AvgIpc) is 3.21. The number of rotatable bonds is 6. The van der Waals surface area contributed by atoms with E-state index in [0.717, 1.165) is 10.2 Å². The predicted molar refractivity (Wildman–Crippen MR) is 127 cm³/mol. The average molecular weight is 457 g/mol. The smallest absolute Gasteiger partial charge is 0.343 e. The fraction of sp³-hybridized carbons (Fsp3) is 0.160. The molecule has 2 heterocycles. The van der Waals surface area contributed by atoms with Crippen LogP contribution in [0.1, 0.15) is 27.6 Å². The lowest BCUT2D eigenvalue weighted by Gasteiger charge is -2.16. The van der Waals surface area contributed by atoms with Crippen LogP contribution >= 0.6 is 0 Å². The van der Waals surface area contributed by atoms with Gasteiger partial charge in [-0.2, -0.15) is 10.2 Å². The summed E-state index contributed by atoms with van der Waals surface area (Å²) in [5, 5.41) is 11.2. The molecule has 0 aliphatic rings. The van der Waals surface area contributed by atoms with Gasteiger partial charge in [-0.25, -0.2) is 9.48 Å². The largest absolute Gasteiger partial charge is 0.462 e. The minimum absolute atomic E-state index is 0.0909. The predicted octanol–water partition coefficient (Wildman–Crippen LogP) is 3.28. The van der Waals surface area contributed by atoms with Crippen LogP contribution in [-0.2, 0) is 18.8 Å². The second-order valence-electron chi connectivity index (χ2n) is 7.46. The van der Waals surface area contributed by atoms with Crippen LogP contribution in [0.4, 0.5) is 5.82 Å². The van der Waals surface area contributed by atoms with Gasteiger partial charge in [0.2, 0.25) is 0 Å². The van der Waals surface area contributed by atoms with E-state index in [9.17, 15) is 14.4 Å². The van der Waals surface area contributed by atoms with E-state index in [1.54, 1.807) is 14.0 Å². The maximum atomic E-state index is 13.6. The van der Waals surface area contributed by atoms with Crippen molar-refractivity contribution in [3.05, 3.63) is 88.3 Å². The van der Waals surface area contributed by atoms with Crippen molar-refractivity contribution in [3.63, 3.8) is 0 Å². The Morgan fingerprint density at radius 3 is 2.18 bits per heavy atom. The molecule has 0 bridgehead atoms. The minimum Gasteiger partial charge on any atom is -0.462 e. The molecule has 0 fully saturated rings. The van der Waals surface area contributed by atoms with E-state index < -0.39 is 17.4 Å². The van der Waals surface area contributed by atoms with Gasteiger partial charge in [0.05, 0.1) is 18.5 Å². The number of aryl methyl sites for hydroxylation is 2. The van der Waals surface area contributed by atoms with E-state index in [1.807, 2.05) is 60.7 Å². The number of hydrogen-bond acceptors (Lipinski definition) is 6. The van der Waals surface area contributed by atoms with Crippen molar-refractivity contribution in [1.29, 1.82) is 0 Å². The van der Waals surface area contributed by atoms with Crippen molar-refractivity contribution < 1.29 is 14.3 Å². The topological polar surface area (TPSA) is 108 Å². The Bertz CT molecular complexity index is 1410. The Labute approximate surface area is 195 Å². The molecule has 1 amide bonds. The zero-order valence-electron chi connectivity index (χ0n) is 19.0. The number of hydrogen-bond donors (Lipinski definition) is 1. The fourth-order valence-electron chi connectivity index (χ4n) is 3.64. The summed E-state index contributed by atoms with van der Waals surface area (Å²) in [6.07, 6.45) is 1.31. The van der Waals surface area contributed by atoms with Crippen LogP contribution in [0.5, 0.6) is 0 Å². The highest BCUT2D eigenvalue weighted by Crippen LogP contribution is 2.32. The first-order chi connectivity index (χ1) is 16.4. The van der Waals surface area contributed by atoms with E-state index in [2.05, 4.69) is 15.5 Å². The van der Waals surface area contributed by atoms with Crippen molar-refractivity contribution in [1.82, 2.24) is 19.6 Å². The van der Waals surface area contributed by atoms with Crippen molar-refractivity contribution in [3.8, 4) is 22.4 Å². The van der Waals surface area contributed by atoms with Gasteiger partial charge in [0.15, 0.2) is 0 Å². The minimum atomic E-state index is -0.687. The third-order valence-electron chi connectivity index (χ3n) is 5.25. The summed E-state index contributed by atoms with van der Waals surface area (Å²) in [5.74, 6) is -1.18. The Kier molecular flexibility index (Phi) is 6.35. The Morgan fingerprint density at radius 2 is 1.56 bits per heavy atom. The van der Waals surface area contributed by atoms with Crippen LogP contribution in [0.25, 0.3) is 22.4 Å². The molecule has 0 radical (unpaired) electrons. The van der Waals surface area contributed by atoms with Gasteiger partial charge in [0.25, 0.3) is 11.5 Å². The molecule has 0 atom stereocenters. The number of aromatic nitrogens is 4. The van der Waals surface area contributed by atoms with Gasteiger partial charge >= 0.3 is 5.97 Å². The van der Waals surface area contributed by atoms with Crippen molar-refractivity contribution in [2.75, 3.05) is 11.9 Å². The molecule has 0 spiro atoms. The van der Waals surface area contributed by atoms with E-state index in [1.165, 1.54) is 17.9 Å². The Hall–Kier alpha value is -4.53. The highest BCUT2D eigenvalue weighted by molar-refractivity contribution is 6.11. The SMILES string of the molecule is CCOC(=O)c1cnn(C)c1NC(=O)c1c(-c2ccccc2)c(-c2ccccc2)nn(C)c1=O. The zero-order valence-corrected chi connectivity index (χ0v) is 19.0. The highest BCUT2D eigenvalue weighted by Gasteiger charge is 2.27. The highest BCUT2D eigenvalue weighted by atomic mass is 16.5. The fourth-order valence-corrected chi connectivity index (χ4v) is 3.64. The molecule has 0 unspecified atom stereocenters. The molecular weight excluding hydrogens is 434 g/mol. The second-order valence-corrected chi connectivity index (χ2v) is 7.46. The molecule has 2 aromatic heterocycles. The van der Waals surface area contributed by atoms with Crippen molar-refractivity contribution in [2.24, 2.45) is 14.1 Å². The second kappa shape index (κ2) is 9.53. The van der Waals surface area contributed by atoms with Gasteiger partial charge in [-0.15, -0.1) is 0 Å². The molecule has 0 aliphatic heterocycles. The van der Waals surface area contributed by atoms with Gasteiger partial charge in [0, 0.05) is 25.2 Å². The maximum absolute atomic E-state index is 13.6. The molecule has 4 rings (SSSR count). The molecule has 1 N–H and O–H groups in total. The van der Waals surface area contributed by atoms with Crippen LogP contribution in [0.15, 0.2) is 71.7 Å². The van der Waals surface area contributed by atoms with Crippen LogP contribution < -0.4 is 10.9 Å². The molecule has 0 saturated heterocycles. The van der Waals surface area contributed by atoms with Crippen LogP contribution in [0.3, 0.4) is 0 Å². The number of benzene rings is 2. The summed E-state index contributed by atoms with van der Waals surface area (Å²) in [7, 11) is 3.07. The third-order valence-corrected chi connectivity index (χ3v) is 5.25. The standard InChI is InChI=1S/C25H23N5O4/c1-4-34-25(33)18-15-26-29(2)22(18)27-23(31)20-19(16-11-7-5-8-12-16)21(28-30(3)24(20)32)17-13-9-6-10-14-17/h5-15H,4H2,1-3H3,(H,27,31). The Morgan fingerprint density at radius 1 is 0.941 bits per heavy atom. The number of esters is 1. The number of ether oxygens (including phenoxy) is 1. The lowest BCUT2D eigenvalue weighted by Crippen LogP contribution is -2.32. The lowest BCUT2D eigenvalue weighted by atomic mass is 9.95. The molecule has 0 saturated carbocycles. The summed E-state index contributed by atoms with van der Waals surface area (Å²) in [4.78, 5) is 39.2. The van der Waals surface area contributed by atoms with Crippen molar-refractivity contribution >= 4 is 17.7 Å². The molecule has 4 aromatic rings. The summed E-state index contributed by atoms with van der Waals surface area (Å²) in [6, 6.07) is 18.4. The van der Waals surface area contributed by atoms with Gasteiger partial charge < -0.3 is 10.1 Å². The van der Waals surface area contributed by atoms with Crippen molar-refractivity contribution in [2.45, 2.75) is 6.92 Å². The molecule has 34 heavy (non-hydrogen) atoms. The zero-order chi connectivity index (χ0) is 24.2. The van der Waals surface area contributed by atoms with Gasteiger partial charge in [-0.3, -0.25) is 14.3 Å². The van der Waals surface area contributed by atoms with E-state index >= 15 is 0 Å². The van der Waals surface area contributed by atoms with Crippen LogP contribution in [-0.4, -0.2) is 38.0 Å². The summed E-state index contributed by atoms with van der Waals surface area (Å²) < 4.78 is 7.54. The van der Waals surface area contributed by atoms with E-state index in [4.69, 9.17) is 4.74 Å². The molecule has 0 aliphatic carbocycles. The first kappa shape index (κ1) is 22.7.